The molecule has 2 heterocycles. The first-order valence-electron chi connectivity index (χ1n) is 10.1. The van der Waals surface area contributed by atoms with Crippen molar-refractivity contribution in [1.82, 2.24) is 9.55 Å². The topological polar surface area (TPSA) is 93.1 Å². The molecule has 0 saturated heterocycles. The van der Waals surface area contributed by atoms with E-state index in [-0.39, 0.29) is 30.3 Å². The number of nitrogens with zero attached hydrogens (tertiary/aromatic N) is 2. The largest absolute Gasteiger partial charge is 0.326 e. The van der Waals surface area contributed by atoms with Gasteiger partial charge in [0.25, 0.3) is 5.56 Å². The average Bonchev–Trinajstić information content (AvgIpc) is 3.11. The summed E-state index contributed by atoms with van der Waals surface area (Å²) in [7, 11) is 0. The van der Waals surface area contributed by atoms with Crippen molar-refractivity contribution >= 4 is 44.7 Å². The minimum Gasteiger partial charge on any atom is -0.326 e. The second kappa shape index (κ2) is 9.15. The van der Waals surface area contributed by atoms with Crippen LogP contribution >= 0.6 is 11.3 Å². The van der Waals surface area contributed by atoms with E-state index >= 15 is 0 Å². The predicted molar refractivity (Wildman–Crippen MR) is 128 cm³/mol. The molecule has 7 nitrogen and oxygen atoms in total. The summed E-state index contributed by atoms with van der Waals surface area (Å²) < 4.78 is 1.49. The molecule has 0 saturated carbocycles. The predicted octanol–water partition coefficient (Wildman–Crippen LogP) is 4.42. The molecule has 0 aliphatic carbocycles. The summed E-state index contributed by atoms with van der Waals surface area (Å²) in [4.78, 5) is 42.9. The van der Waals surface area contributed by atoms with Gasteiger partial charge in [0.15, 0.2) is 0 Å². The van der Waals surface area contributed by atoms with E-state index in [1.165, 1.54) is 29.2 Å². The van der Waals surface area contributed by atoms with Gasteiger partial charge in [0, 0.05) is 41.7 Å². The number of anilines is 2. The summed E-state index contributed by atoms with van der Waals surface area (Å²) in [6.07, 6.45) is 1.63. The Morgan fingerprint density at radius 1 is 1.00 bits per heavy atom. The van der Waals surface area contributed by atoms with E-state index in [1.807, 2.05) is 37.3 Å². The first kappa shape index (κ1) is 21.5. The molecule has 0 spiro atoms. The van der Waals surface area contributed by atoms with Crippen LogP contribution in [-0.4, -0.2) is 21.4 Å². The molecule has 2 aromatic carbocycles. The monoisotopic (exact) mass is 446 g/mol. The summed E-state index contributed by atoms with van der Waals surface area (Å²) in [6.45, 7) is 3.65. The highest BCUT2D eigenvalue weighted by Crippen LogP contribution is 2.35. The van der Waals surface area contributed by atoms with Crippen LogP contribution in [0.3, 0.4) is 0 Å². The van der Waals surface area contributed by atoms with Crippen molar-refractivity contribution in [3.8, 4) is 11.1 Å². The number of amides is 2. The van der Waals surface area contributed by atoms with Crippen molar-refractivity contribution in [2.75, 3.05) is 10.6 Å². The van der Waals surface area contributed by atoms with Gasteiger partial charge in [-0.15, -0.1) is 11.3 Å². The van der Waals surface area contributed by atoms with E-state index in [2.05, 4.69) is 15.6 Å². The molecular weight excluding hydrogens is 424 g/mol. The Kier molecular flexibility index (Phi) is 6.13. The highest BCUT2D eigenvalue weighted by Gasteiger charge is 2.17. The van der Waals surface area contributed by atoms with Gasteiger partial charge >= 0.3 is 0 Å². The van der Waals surface area contributed by atoms with Crippen LogP contribution < -0.4 is 16.2 Å². The van der Waals surface area contributed by atoms with E-state index < -0.39 is 0 Å². The number of benzene rings is 2. The van der Waals surface area contributed by atoms with Gasteiger partial charge in [-0.1, -0.05) is 30.3 Å². The Labute approximate surface area is 188 Å². The zero-order valence-corrected chi connectivity index (χ0v) is 18.5. The van der Waals surface area contributed by atoms with Crippen molar-refractivity contribution in [3.63, 3.8) is 0 Å². The number of aromatic nitrogens is 2. The summed E-state index contributed by atoms with van der Waals surface area (Å²) in [5.74, 6) is -0.372. The highest BCUT2D eigenvalue weighted by atomic mass is 32.1. The molecule has 0 bridgehead atoms. The molecule has 0 fully saturated rings. The fourth-order valence-electron chi connectivity index (χ4n) is 3.53. The number of fused-ring (bicyclic) bond motifs is 1. The average molecular weight is 447 g/mol. The number of hydrogen-bond donors (Lipinski definition) is 2. The molecule has 162 valence electrons. The van der Waals surface area contributed by atoms with Gasteiger partial charge in [-0.2, -0.15) is 0 Å². The van der Waals surface area contributed by atoms with Gasteiger partial charge in [0.2, 0.25) is 11.8 Å². The van der Waals surface area contributed by atoms with Crippen molar-refractivity contribution in [1.29, 1.82) is 0 Å². The van der Waals surface area contributed by atoms with Gasteiger partial charge in [-0.3, -0.25) is 19.0 Å². The number of hydrogen-bond acceptors (Lipinski definition) is 5. The molecule has 2 aromatic heterocycles. The fourth-order valence-corrected chi connectivity index (χ4v) is 4.54. The lowest BCUT2D eigenvalue weighted by atomic mass is 10.0. The van der Waals surface area contributed by atoms with E-state index in [0.717, 1.165) is 16.0 Å². The molecule has 2 N–H and O–H groups in total. The molecule has 8 heteroatoms. The second-order valence-electron chi connectivity index (χ2n) is 7.38. The van der Waals surface area contributed by atoms with Crippen LogP contribution in [0.15, 0.2) is 65.7 Å². The number of aryl methyl sites for hydroxylation is 2. The first-order chi connectivity index (χ1) is 15.4. The van der Waals surface area contributed by atoms with Crippen molar-refractivity contribution in [2.24, 2.45) is 0 Å². The molecule has 0 atom stereocenters. The van der Waals surface area contributed by atoms with Gasteiger partial charge in [0.1, 0.15) is 4.83 Å². The number of nitrogens with one attached hydrogen (secondary N) is 2. The Bertz CT molecular complexity index is 1340. The molecule has 4 rings (SSSR count). The second-order valence-corrected chi connectivity index (χ2v) is 8.58. The number of carbonyl (C=O) groups is 2. The number of rotatable bonds is 6. The number of thiophene rings is 1. The molecule has 0 aliphatic rings. The summed E-state index contributed by atoms with van der Waals surface area (Å²) >= 11 is 1.50. The Morgan fingerprint density at radius 3 is 2.31 bits per heavy atom. The van der Waals surface area contributed by atoms with Crippen LogP contribution in [-0.2, 0) is 16.1 Å². The van der Waals surface area contributed by atoms with E-state index in [9.17, 15) is 14.4 Å². The Morgan fingerprint density at radius 2 is 1.66 bits per heavy atom. The maximum atomic E-state index is 13.2. The number of carbonyl (C=O) groups excluding carboxylic acids is 2. The zero-order valence-electron chi connectivity index (χ0n) is 17.7. The van der Waals surface area contributed by atoms with E-state index in [1.54, 1.807) is 24.3 Å². The first-order valence-corrected chi connectivity index (χ1v) is 11.0. The molecule has 0 unspecified atom stereocenters. The van der Waals surface area contributed by atoms with Gasteiger partial charge < -0.3 is 10.6 Å². The van der Waals surface area contributed by atoms with Crippen LogP contribution in [0.1, 0.15) is 18.2 Å². The maximum absolute atomic E-state index is 13.2. The summed E-state index contributed by atoms with van der Waals surface area (Å²) in [5.41, 5.74) is 3.01. The van der Waals surface area contributed by atoms with Gasteiger partial charge in [0.05, 0.1) is 11.7 Å². The van der Waals surface area contributed by atoms with Crippen molar-refractivity contribution in [3.05, 3.63) is 76.2 Å². The van der Waals surface area contributed by atoms with E-state index in [0.29, 0.717) is 21.6 Å². The third-order valence-electron chi connectivity index (χ3n) is 4.99. The Balaban J connectivity index is 1.50. The summed E-state index contributed by atoms with van der Waals surface area (Å²) in [5, 5.41) is 6.07. The van der Waals surface area contributed by atoms with Crippen molar-refractivity contribution in [2.45, 2.75) is 26.8 Å². The molecule has 4 aromatic rings. The third kappa shape index (κ3) is 4.60. The molecule has 2 amide bonds. The van der Waals surface area contributed by atoms with Crippen LogP contribution in [0.5, 0.6) is 0 Å². The quantitative estimate of drug-likeness (QED) is 0.458. The third-order valence-corrected chi connectivity index (χ3v) is 6.00. The molecule has 0 radical (unpaired) electrons. The van der Waals surface area contributed by atoms with Crippen LogP contribution in [0.4, 0.5) is 11.4 Å². The lowest BCUT2D eigenvalue weighted by molar-refractivity contribution is -0.116. The molecular formula is C24H22N4O3S. The Hall–Kier alpha value is -3.78. The fraction of sp³-hybridized carbons (Fsp3) is 0.167. The van der Waals surface area contributed by atoms with Crippen molar-refractivity contribution < 1.29 is 9.59 Å². The minimum atomic E-state index is -0.214. The maximum Gasteiger partial charge on any atom is 0.262 e. The van der Waals surface area contributed by atoms with Crippen LogP contribution in [0.25, 0.3) is 21.3 Å². The minimum absolute atomic E-state index is 0.129. The molecule has 32 heavy (non-hydrogen) atoms. The smallest absolute Gasteiger partial charge is 0.262 e. The lowest BCUT2D eigenvalue weighted by Gasteiger charge is -2.09. The van der Waals surface area contributed by atoms with E-state index in [4.69, 9.17) is 0 Å². The summed E-state index contributed by atoms with van der Waals surface area (Å²) in [6, 6.07) is 16.6. The van der Waals surface area contributed by atoms with Crippen LogP contribution in [0, 0.1) is 6.92 Å². The zero-order chi connectivity index (χ0) is 22.7. The normalized spacial score (nSPS) is 10.8. The van der Waals surface area contributed by atoms with Gasteiger partial charge in [-0.05, 0) is 36.8 Å². The van der Waals surface area contributed by atoms with Crippen LogP contribution in [0.2, 0.25) is 0 Å². The van der Waals surface area contributed by atoms with Gasteiger partial charge in [-0.25, -0.2) is 4.98 Å². The lowest BCUT2D eigenvalue weighted by Crippen LogP contribution is -2.23. The highest BCUT2D eigenvalue weighted by molar-refractivity contribution is 7.19. The SMILES string of the molecule is CC(=O)Nc1ccc(NC(=O)CCn2cnc3sc(C)c(-c4ccccc4)c3c2=O)cc1. The standard InChI is InChI=1S/C24H22N4O3S/c1-15-21(17-6-4-3-5-7-17)22-23(32-15)25-14-28(24(22)31)13-12-20(30)27-19-10-8-18(9-11-19)26-16(2)29/h3-11,14H,12-13H2,1-2H3,(H,26,29)(H,27,30). The molecule has 0 aliphatic heterocycles.